The van der Waals surface area contributed by atoms with Crippen molar-refractivity contribution in [1.29, 1.82) is 0 Å². The minimum atomic E-state index is -3.23. The van der Waals surface area contributed by atoms with Gasteiger partial charge in [-0.2, -0.15) is 0 Å². The lowest BCUT2D eigenvalue weighted by Gasteiger charge is -2.26. The van der Waals surface area contributed by atoms with Crippen LogP contribution in [0.25, 0.3) is 0 Å². The predicted octanol–water partition coefficient (Wildman–Crippen LogP) is 1.73. The summed E-state index contributed by atoms with van der Waals surface area (Å²) in [4.78, 5) is 15.1. The summed E-state index contributed by atoms with van der Waals surface area (Å²) in [7, 11) is -3.23. The standard InChI is InChI=1S/C21H26N2O5S/c1-29(25,26)18-8-6-17(7-9-18)16-28-20-5-3-2-4-19(20)21(24)22-10-11-23-12-14-27-15-13-23/h2-9H,10-16H2,1H3,(H,22,24). The normalized spacial score (nSPS) is 15.1. The highest BCUT2D eigenvalue weighted by molar-refractivity contribution is 7.90. The second-order valence-electron chi connectivity index (χ2n) is 6.91. The first-order valence-electron chi connectivity index (χ1n) is 9.52. The van der Waals surface area contributed by atoms with E-state index in [9.17, 15) is 13.2 Å². The second kappa shape index (κ2) is 9.87. The molecule has 8 heteroatoms. The topological polar surface area (TPSA) is 84.9 Å². The fourth-order valence-electron chi connectivity index (χ4n) is 3.02. The van der Waals surface area contributed by atoms with Crippen LogP contribution in [0.5, 0.6) is 5.75 Å². The zero-order chi connectivity index (χ0) is 20.7. The SMILES string of the molecule is CS(=O)(=O)c1ccc(COc2ccccc2C(=O)NCCN2CCOCC2)cc1. The lowest BCUT2D eigenvalue weighted by atomic mass is 10.2. The van der Waals surface area contributed by atoms with Crippen molar-refractivity contribution in [2.24, 2.45) is 0 Å². The van der Waals surface area contributed by atoms with Crippen molar-refractivity contribution >= 4 is 15.7 Å². The van der Waals surface area contributed by atoms with Gasteiger partial charge in [0, 0.05) is 32.4 Å². The van der Waals surface area contributed by atoms with Gasteiger partial charge in [-0.05, 0) is 29.8 Å². The smallest absolute Gasteiger partial charge is 0.255 e. The highest BCUT2D eigenvalue weighted by Crippen LogP contribution is 2.20. The van der Waals surface area contributed by atoms with Gasteiger partial charge in [0.15, 0.2) is 9.84 Å². The fourth-order valence-corrected chi connectivity index (χ4v) is 3.65. The number of benzene rings is 2. The molecule has 0 aromatic heterocycles. The number of sulfone groups is 1. The van der Waals surface area contributed by atoms with Gasteiger partial charge in [0.1, 0.15) is 12.4 Å². The van der Waals surface area contributed by atoms with Crippen LogP contribution < -0.4 is 10.1 Å². The number of carbonyl (C=O) groups excluding carboxylic acids is 1. The number of rotatable bonds is 8. The number of morpholine rings is 1. The van der Waals surface area contributed by atoms with Gasteiger partial charge in [-0.1, -0.05) is 24.3 Å². The van der Waals surface area contributed by atoms with Gasteiger partial charge < -0.3 is 14.8 Å². The molecule has 7 nitrogen and oxygen atoms in total. The van der Waals surface area contributed by atoms with Gasteiger partial charge >= 0.3 is 0 Å². The Bertz CT molecular complexity index is 922. The van der Waals surface area contributed by atoms with Crippen LogP contribution in [-0.2, 0) is 21.2 Å². The van der Waals surface area contributed by atoms with E-state index >= 15 is 0 Å². The van der Waals surface area contributed by atoms with Crippen LogP contribution in [0.1, 0.15) is 15.9 Å². The molecule has 1 N–H and O–H groups in total. The predicted molar refractivity (Wildman–Crippen MR) is 110 cm³/mol. The van der Waals surface area contributed by atoms with Crippen molar-refractivity contribution in [3.63, 3.8) is 0 Å². The molecule has 1 aliphatic heterocycles. The van der Waals surface area contributed by atoms with Crippen LogP contribution in [0.3, 0.4) is 0 Å². The molecule has 0 atom stereocenters. The van der Waals surface area contributed by atoms with E-state index < -0.39 is 9.84 Å². The maximum Gasteiger partial charge on any atom is 0.255 e. The van der Waals surface area contributed by atoms with E-state index in [4.69, 9.17) is 9.47 Å². The fraction of sp³-hybridized carbons (Fsp3) is 0.381. The molecular weight excluding hydrogens is 392 g/mol. The molecule has 0 radical (unpaired) electrons. The largest absolute Gasteiger partial charge is 0.488 e. The van der Waals surface area contributed by atoms with Gasteiger partial charge in [-0.15, -0.1) is 0 Å². The summed E-state index contributed by atoms with van der Waals surface area (Å²) in [6.07, 6.45) is 1.17. The molecule has 2 aromatic carbocycles. The Morgan fingerprint density at radius 1 is 1.10 bits per heavy atom. The summed E-state index contributed by atoms with van der Waals surface area (Å²) in [6.45, 7) is 4.81. The molecule has 156 valence electrons. The Labute approximate surface area is 171 Å². The Hall–Kier alpha value is -2.42. The third-order valence-electron chi connectivity index (χ3n) is 4.69. The third kappa shape index (κ3) is 6.28. The molecule has 29 heavy (non-hydrogen) atoms. The van der Waals surface area contributed by atoms with Gasteiger partial charge in [0.25, 0.3) is 5.91 Å². The number of amides is 1. The second-order valence-corrected chi connectivity index (χ2v) is 8.93. The zero-order valence-electron chi connectivity index (χ0n) is 16.5. The number of hydrogen-bond donors (Lipinski definition) is 1. The maximum atomic E-state index is 12.6. The van der Waals surface area contributed by atoms with E-state index in [-0.39, 0.29) is 17.4 Å². The average Bonchev–Trinajstić information content (AvgIpc) is 2.73. The molecule has 0 bridgehead atoms. The van der Waals surface area contributed by atoms with Crippen LogP contribution in [0.4, 0.5) is 0 Å². The first-order chi connectivity index (χ1) is 13.9. The molecule has 0 spiro atoms. The molecule has 0 saturated carbocycles. The van der Waals surface area contributed by atoms with Crippen LogP contribution in [-0.4, -0.2) is 64.9 Å². The highest BCUT2D eigenvalue weighted by atomic mass is 32.2. The van der Waals surface area contributed by atoms with Crippen molar-refractivity contribution in [2.45, 2.75) is 11.5 Å². The zero-order valence-corrected chi connectivity index (χ0v) is 17.3. The Morgan fingerprint density at radius 2 is 1.79 bits per heavy atom. The monoisotopic (exact) mass is 418 g/mol. The van der Waals surface area contributed by atoms with Crippen molar-refractivity contribution in [3.05, 3.63) is 59.7 Å². The molecule has 2 aromatic rings. The van der Waals surface area contributed by atoms with Gasteiger partial charge in [-0.25, -0.2) is 8.42 Å². The Morgan fingerprint density at radius 3 is 2.48 bits per heavy atom. The third-order valence-corrected chi connectivity index (χ3v) is 5.82. The number of carbonyl (C=O) groups is 1. The quantitative estimate of drug-likeness (QED) is 0.703. The lowest BCUT2D eigenvalue weighted by Crippen LogP contribution is -2.41. The number of hydrogen-bond acceptors (Lipinski definition) is 6. The summed E-state index contributed by atoms with van der Waals surface area (Å²) < 4.78 is 34.2. The first kappa shape index (κ1) is 21.3. The molecule has 0 unspecified atom stereocenters. The van der Waals surface area contributed by atoms with Crippen molar-refractivity contribution in [1.82, 2.24) is 10.2 Å². The van der Waals surface area contributed by atoms with Crippen LogP contribution in [0.15, 0.2) is 53.4 Å². The van der Waals surface area contributed by atoms with Gasteiger partial charge in [0.2, 0.25) is 0 Å². The Kier molecular flexibility index (Phi) is 7.24. The lowest BCUT2D eigenvalue weighted by molar-refractivity contribution is 0.0383. The number of nitrogens with zero attached hydrogens (tertiary/aromatic N) is 1. The van der Waals surface area contributed by atoms with Crippen LogP contribution in [0, 0.1) is 0 Å². The number of nitrogens with one attached hydrogen (secondary N) is 1. The molecular formula is C21H26N2O5S. The molecule has 1 aliphatic rings. The van der Waals surface area contributed by atoms with E-state index in [2.05, 4.69) is 10.2 Å². The minimum absolute atomic E-state index is 0.179. The molecule has 0 aliphatic carbocycles. The molecule has 1 amide bonds. The number of para-hydroxylation sites is 1. The van der Waals surface area contributed by atoms with Crippen molar-refractivity contribution in [3.8, 4) is 5.75 Å². The van der Waals surface area contributed by atoms with E-state index in [0.29, 0.717) is 17.9 Å². The summed E-state index contributed by atoms with van der Waals surface area (Å²) in [5.74, 6) is 0.310. The Balaban J connectivity index is 1.56. The molecule has 1 saturated heterocycles. The van der Waals surface area contributed by atoms with Crippen molar-refractivity contribution in [2.75, 3.05) is 45.6 Å². The van der Waals surface area contributed by atoms with E-state index in [1.165, 1.54) is 6.26 Å². The molecule has 3 rings (SSSR count). The van der Waals surface area contributed by atoms with E-state index in [1.54, 1.807) is 42.5 Å². The molecule has 1 fully saturated rings. The van der Waals surface area contributed by atoms with Crippen LogP contribution in [0.2, 0.25) is 0 Å². The van der Waals surface area contributed by atoms with Gasteiger partial charge in [-0.3, -0.25) is 9.69 Å². The summed E-state index contributed by atoms with van der Waals surface area (Å²) in [6, 6.07) is 13.6. The summed E-state index contributed by atoms with van der Waals surface area (Å²) in [5.41, 5.74) is 1.29. The van der Waals surface area contributed by atoms with Gasteiger partial charge in [0.05, 0.1) is 23.7 Å². The first-order valence-corrected chi connectivity index (χ1v) is 11.4. The van der Waals surface area contributed by atoms with Crippen molar-refractivity contribution < 1.29 is 22.7 Å². The number of ether oxygens (including phenoxy) is 2. The average molecular weight is 419 g/mol. The van der Waals surface area contributed by atoms with Crippen LogP contribution >= 0.6 is 0 Å². The maximum absolute atomic E-state index is 12.6. The highest BCUT2D eigenvalue weighted by Gasteiger charge is 2.14. The summed E-state index contributed by atoms with van der Waals surface area (Å²) >= 11 is 0. The summed E-state index contributed by atoms with van der Waals surface area (Å²) in [5, 5.41) is 2.94. The van der Waals surface area contributed by atoms with E-state index in [0.717, 1.165) is 38.4 Å². The van der Waals surface area contributed by atoms with E-state index in [1.807, 2.05) is 6.07 Å². The minimum Gasteiger partial charge on any atom is -0.488 e. The molecule has 1 heterocycles.